The van der Waals surface area contributed by atoms with Gasteiger partial charge in [0.1, 0.15) is 0 Å². The second-order valence-electron chi connectivity index (χ2n) is 5.08. The maximum absolute atomic E-state index is 10.9. The van der Waals surface area contributed by atoms with Gasteiger partial charge in [0.05, 0.1) is 5.75 Å². The van der Waals surface area contributed by atoms with E-state index in [1.807, 2.05) is 11.5 Å². The Morgan fingerprint density at radius 2 is 1.95 bits per heavy atom. The van der Waals surface area contributed by atoms with E-state index in [9.17, 15) is 4.79 Å². The zero-order valence-electron chi connectivity index (χ0n) is 12.5. The first-order valence-corrected chi connectivity index (χ1v) is 7.96. The van der Waals surface area contributed by atoms with E-state index >= 15 is 0 Å². The molecule has 1 aromatic carbocycles. The lowest BCUT2D eigenvalue weighted by molar-refractivity contribution is -0.115. The van der Waals surface area contributed by atoms with Gasteiger partial charge in [-0.3, -0.25) is 4.79 Å². The highest BCUT2D eigenvalue weighted by Gasteiger charge is 2.14. The molecule has 0 aliphatic rings. The number of aromatic nitrogens is 3. The molecule has 0 radical (unpaired) electrons. The van der Waals surface area contributed by atoms with E-state index in [1.165, 1.54) is 17.3 Å². The van der Waals surface area contributed by atoms with Gasteiger partial charge in [0.2, 0.25) is 5.91 Å². The number of carbonyl (C=O) groups is 1. The molecular formula is C15H20N4OS. The van der Waals surface area contributed by atoms with Crippen molar-refractivity contribution in [1.29, 1.82) is 0 Å². The van der Waals surface area contributed by atoms with Gasteiger partial charge < -0.3 is 10.3 Å². The van der Waals surface area contributed by atoms with E-state index in [-0.39, 0.29) is 11.7 Å². The molecule has 0 aliphatic heterocycles. The molecule has 6 heteroatoms. The van der Waals surface area contributed by atoms with Crippen molar-refractivity contribution >= 4 is 17.7 Å². The quantitative estimate of drug-likeness (QED) is 0.833. The van der Waals surface area contributed by atoms with Crippen LogP contribution in [0.15, 0.2) is 29.4 Å². The summed E-state index contributed by atoms with van der Waals surface area (Å²) in [7, 11) is 0. The summed E-state index contributed by atoms with van der Waals surface area (Å²) >= 11 is 1.32. The second-order valence-corrected chi connectivity index (χ2v) is 6.02. The van der Waals surface area contributed by atoms with Crippen molar-refractivity contribution in [1.82, 2.24) is 14.8 Å². The molecule has 1 amide bonds. The molecule has 0 saturated carbocycles. The number of thioether (sulfide) groups is 1. The van der Waals surface area contributed by atoms with Crippen molar-refractivity contribution in [3.05, 3.63) is 29.8 Å². The van der Waals surface area contributed by atoms with E-state index < -0.39 is 0 Å². The lowest BCUT2D eigenvalue weighted by atomic mass is 10.0. The van der Waals surface area contributed by atoms with E-state index in [4.69, 9.17) is 5.73 Å². The van der Waals surface area contributed by atoms with E-state index in [2.05, 4.69) is 48.3 Å². The third-order valence-corrected chi connectivity index (χ3v) is 4.20. The lowest BCUT2D eigenvalue weighted by Gasteiger charge is -2.09. The average Bonchev–Trinajstić information content (AvgIpc) is 2.88. The van der Waals surface area contributed by atoms with Gasteiger partial charge in [-0.2, -0.15) is 0 Å². The number of hydrogen-bond donors (Lipinski definition) is 1. The first-order valence-electron chi connectivity index (χ1n) is 6.97. The molecule has 0 atom stereocenters. The molecule has 0 aliphatic carbocycles. The van der Waals surface area contributed by atoms with Gasteiger partial charge in [0.15, 0.2) is 11.0 Å². The molecule has 0 spiro atoms. The van der Waals surface area contributed by atoms with Crippen molar-refractivity contribution in [2.45, 2.75) is 38.4 Å². The summed E-state index contributed by atoms with van der Waals surface area (Å²) in [5.41, 5.74) is 7.50. The molecule has 1 heterocycles. The molecule has 0 bridgehead atoms. The van der Waals surface area contributed by atoms with Crippen LogP contribution in [0, 0.1) is 0 Å². The standard InChI is InChI=1S/C15H20N4OS/c1-4-19-14(17-18-15(19)21-9-13(16)20)12-7-5-11(6-8-12)10(2)3/h5-8,10H,4,9H2,1-3H3,(H2,16,20). The molecule has 2 rings (SSSR count). The van der Waals surface area contributed by atoms with Gasteiger partial charge in [-0.15, -0.1) is 10.2 Å². The third kappa shape index (κ3) is 3.64. The van der Waals surface area contributed by atoms with E-state index in [1.54, 1.807) is 0 Å². The number of nitrogens with two attached hydrogens (primary N) is 1. The normalized spacial score (nSPS) is 11.0. The van der Waals surface area contributed by atoms with Crippen molar-refractivity contribution in [3.63, 3.8) is 0 Å². The monoisotopic (exact) mass is 304 g/mol. The highest BCUT2D eigenvalue weighted by atomic mass is 32.2. The number of carbonyl (C=O) groups excluding carboxylic acids is 1. The molecule has 0 saturated heterocycles. The molecular weight excluding hydrogens is 284 g/mol. The Balaban J connectivity index is 2.29. The third-order valence-electron chi connectivity index (χ3n) is 3.21. The van der Waals surface area contributed by atoms with Gasteiger partial charge in [-0.1, -0.05) is 49.9 Å². The summed E-state index contributed by atoms with van der Waals surface area (Å²) in [6.45, 7) is 7.11. The first kappa shape index (κ1) is 15.6. The molecule has 2 N–H and O–H groups in total. The number of hydrogen-bond acceptors (Lipinski definition) is 4. The fourth-order valence-corrected chi connectivity index (χ4v) is 2.79. The molecule has 5 nitrogen and oxygen atoms in total. The van der Waals surface area contributed by atoms with Crippen LogP contribution in [0.4, 0.5) is 0 Å². The zero-order valence-corrected chi connectivity index (χ0v) is 13.4. The highest BCUT2D eigenvalue weighted by Crippen LogP contribution is 2.25. The van der Waals surface area contributed by atoms with Crippen molar-refractivity contribution in [3.8, 4) is 11.4 Å². The lowest BCUT2D eigenvalue weighted by Crippen LogP contribution is -2.13. The Labute approximate surface area is 128 Å². The fourth-order valence-electron chi connectivity index (χ4n) is 2.05. The van der Waals surface area contributed by atoms with Gasteiger partial charge in [0.25, 0.3) is 0 Å². The van der Waals surface area contributed by atoms with E-state index in [0.29, 0.717) is 5.92 Å². The van der Waals surface area contributed by atoms with Gasteiger partial charge >= 0.3 is 0 Å². The highest BCUT2D eigenvalue weighted by molar-refractivity contribution is 7.99. The molecule has 112 valence electrons. The summed E-state index contributed by atoms with van der Waals surface area (Å²) < 4.78 is 2.00. The summed E-state index contributed by atoms with van der Waals surface area (Å²) in [5, 5.41) is 9.13. The molecule has 0 unspecified atom stereocenters. The number of amides is 1. The van der Waals surface area contributed by atoms with Crippen LogP contribution in [0.25, 0.3) is 11.4 Å². The Kier molecular flexibility index (Phi) is 5.01. The topological polar surface area (TPSA) is 73.8 Å². The Morgan fingerprint density at radius 3 is 2.48 bits per heavy atom. The van der Waals surface area contributed by atoms with Gasteiger partial charge in [-0.25, -0.2) is 0 Å². The van der Waals surface area contributed by atoms with Crippen LogP contribution in [0.3, 0.4) is 0 Å². The molecule has 0 fully saturated rings. The zero-order chi connectivity index (χ0) is 15.4. The number of primary amides is 1. The van der Waals surface area contributed by atoms with Crippen LogP contribution in [0.5, 0.6) is 0 Å². The molecule has 21 heavy (non-hydrogen) atoms. The van der Waals surface area contributed by atoms with Crippen molar-refractivity contribution < 1.29 is 4.79 Å². The van der Waals surface area contributed by atoms with Crippen LogP contribution in [0.2, 0.25) is 0 Å². The number of nitrogens with zero attached hydrogens (tertiary/aromatic N) is 3. The predicted octanol–water partition coefficient (Wildman–Crippen LogP) is 2.67. The molecule has 2 aromatic rings. The minimum absolute atomic E-state index is 0.213. The van der Waals surface area contributed by atoms with Crippen LogP contribution >= 0.6 is 11.8 Å². The Hall–Kier alpha value is -1.82. The van der Waals surface area contributed by atoms with Crippen LogP contribution in [-0.2, 0) is 11.3 Å². The molecule has 1 aromatic heterocycles. The average molecular weight is 304 g/mol. The smallest absolute Gasteiger partial charge is 0.227 e. The summed E-state index contributed by atoms with van der Waals surface area (Å²) in [6, 6.07) is 8.36. The maximum Gasteiger partial charge on any atom is 0.227 e. The van der Waals surface area contributed by atoms with Gasteiger partial charge in [-0.05, 0) is 18.4 Å². The Bertz CT molecular complexity index is 619. The minimum Gasteiger partial charge on any atom is -0.369 e. The van der Waals surface area contributed by atoms with Crippen molar-refractivity contribution in [2.24, 2.45) is 5.73 Å². The number of rotatable bonds is 6. The predicted molar refractivity (Wildman–Crippen MR) is 85.1 cm³/mol. The minimum atomic E-state index is -0.353. The van der Waals surface area contributed by atoms with Crippen LogP contribution in [0.1, 0.15) is 32.3 Å². The fraction of sp³-hybridized carbons (Fsp3) is 0.400. The van der Waals surface area contributed by atoms with Crippen LogP contribution in [-0.4, -0.2) is 26.4 Å². The number of benzene rings is 1. The van der Waals surface area contributed by atoms with Crippen LogP contribution < -0.4 is 5.73 Å². The van der Waals surface area contributed by atoms with E-state index in [0.717, 1.165) is 23.1 Å². The largest absolute Gasteiger partial charge is 0.369 e. The summed E-state index contributed by atoms with van der Waals surface area (Å²) in [5.74, 6) is 1.18. The SMILES string of the molecule is CCn1c(SCC(N)=O)nnc1-c1ccc(C(C)C)cc1. The van der Waals surface area contributed by atoms with Gasteiger partial charge in [0, 0.05) is 12.1 Å². The second kappa shape index (κ2) is 6.76. The summed E-state index contributed by atoms with van der Waals surface area (Å²) in [4.78, 5) is 10.9. The summed E-state index contributed by atoms with van der Waals surface area (Å²) in [6.07, 6.45) is 0. The maximum atomic E-state index is 10.9. The first-order chi connectivity index (χ1) is 10.0. The Morgan fingerprint density at radius 1 is 1.29 bits per heavy atom. The van der Waals surface area contributed by atoms with Crippen molar-refractivity contribution in [2.75, 3.05) is 5.75 Å².